The standard InChI is InChI=1S/C21H18N4/c1-3-7-17(8-4-1)11-12-20-22-13-14-25(20)19-15-23-21(24-16-19)18-9-5-2-6-10-18/h1-10,13-16H,11-12H2. The van der Waals surface area contributed by atoms with Crippen molar-refractivity contribution in [2.24, 2.45) is 0 Å². The highest BCUT2D eigenvalue weighted by Crippen LogP contribution is 2.16. The van der Waals surface area contributed by atoms with Crippen molar-refractivity contribution in [3.05, 3.63) is 96.8 Å². The predicted molar refractivity (Wildman–Crippen MR) is 98.4 cm³/mol. The maximum absolute atomic E-state index is 4.50. The van der Waals surface area contributed by atoms with Gasteiger partial charge < -0.3 is 4.57 Å². The largest absolute Gasteiger partial charge is 0.301 e. The summed E-state index contributed by atoms with van der Waals surface area (Å²) in [6.07, 6.45) is 9.32. The number of aryl methyl sites for hydroxylation is 2. The Kier molecular flexibility index (Phi) is 4.33. The van der Waals surface area contributed by atoms with Gasteiger partial charge in [-0.3, -0.25) is 0 Å². The quantitative estimate of drug-likeness (QED) is 0.554. The molecule has 0 spiro atoms. The maximum atomic E-state index is 4.50. The molecule has 2 aromatic heterocycles. The van der Waals surface area contributed by atoms with Gasteiger partial charge in [0.25, 0.3) is 0 Å². The van der Waals surface area contributed by atoms with Gasteiger partial charge in [0, 0.05) is 24.4 Å². The van der Waals surface area contributed by atoms with Crippen LogP contribution in [0.4, 0.5) is 0 Å². The number of hydrogen-bond acceptors (Lipinski definition) is 3. The molecule has 0 N–H and O–H groups in total. The fraction of sp³-hybridized carbons (Fsp3) is 0.0952. The molecule has 25 heavy (non-hydrogen) atoms. The summed E-state index contributed by atoms with van der Waals surface area (Å²) in [4.78, 5) is 13.5. The van der Waals surface area contributed by atoms with Gasteiger partial charge in [-0.2, -0.15) is 0 Å². The molecular formula is C21H18N4. The average Bonchev–Trinajstić information content (AvgIpc) is 3.17. The van der Waals surface area contributed by atoms with Gasteiger partial charge in [0.15, 0.2) is 5.82 Å². The Morgan fingerprint density at radius 1 is 0.720 bits per heavy atom. The summed E-state index contributed by atoms with van der Waals surface area (Å²) in [6.45, 7) is 0. The molecule has 4 nitrogen and oxygen atoms in total. The fourth-order valence-corrected chi connectivity index (χ4v) is 2.84. The van der Waals surface area contributed by atoms with E-state index in [0.29, 0.717) is 0 Å². The fourth-order valence-electron chi connectivity index (χ4n) is 2.84. The molecule has 0 unspecified atom stereocenters. The third kappa shape index (κ3) is 3.48. The Morgan fingerprint density at radius 2 is 1.40 bits per heavy atom. The zero-order valence-electron chi connectivity index (χ0n) is 13.8. The van der Waals surface area contributed by atoms with Gasteiger partial charge in [-0.1, -0.05) is 60.7 Å². The van der Waals surface area contributed by atoms with Crippen molar-refractivity contribution in [1.29, 1.82) is 0 Å². The molecule has 0 aliphatic carbocycles. The molecule has 0 atom stereocenters. The topological polar surface area (TPSA) is 43.6 Å². The van der Waals surface area contributed by atoms with Crippen LogP contribution in [0.25, 0.3) is 17.1 Å². The Morgan fingerprint density at radius 3 is 2.12 bits per heavy atom. The van der Waals surface area contributed by atoms with Crippen molar-refractivity contribution in [2.45, 2.75) is 12.8 Å². The summed E-state index contributed by atoms with van der Waals surface area (Å²) in [5.74, 6) is 1.75. The van der Waals surface area contributed by atoms with Gasteiger partial charge in [0.05, 0.1) is 18.1 Å². The smallest absolute Gasteiger partial charge is 0.159 e. The molecule has 0 saturated heterocycles. The molecule has 0 bridgehead atoms. The minimum absolute atomic E-state index is 0.732. The van der Waals surface area contributed by atoms with E-state index in [1.54, 1.807) is 0 Å². The van der Waals surface area contributed by atoms with Crippen LogP contribution in [-0.2, 0) is 12.8 Å². The molecule has 0 aliphatic rings. The van der Waals surface area contributed by atoms with E-state index in [1.165, 1.54) is 5.56 Å². The summed E-state index contributed by atoms with van der Waals surface area (Å²) in [7, 11) is 0. The maximum Gasteiger partial charge on any atom is 0.159 e. The second kappa shape index (κ2) is 7.09. The number of rotatable bonds is 5. The number of nitrogens with zero attached hydrogens (tertiary/aromatic N) is 4. The first-order chi connectivity index (χ1) is 12.4. The van der Waals surface area contributed by atoms with Crippen LogP contribution in [-0.4, -0.2) is 19.5 Å². The third-order valence-corrected chi connectivity index (χ3v) is 4.15. The molecule has 4 rings (SSSR count). The lowest BCUT2D eigenvalue weighted by Gasteiger charge is -2.08. The molecular weight excluding hydrogens is 308 g/mol. The average molecular weight is 326 g/mol. The number of benzene rings is 2. The van der Waals surface area contributed by atoms with Crippen LogP contribution in [0.15, 0.2) is 85.5 Å². The summed E-state index contributed by atoms with van der Waals surface area (Å²) in [6, 6.07) is 20.5. The summed E-state index contributed by atoms with van der Waals surface area (Å²) in [5.41, 5.74) is 3.26. The second-order valence-electron chi connectivity index (χ2n) is 5.83. The van der Waals surface area contributed by atoms with E-state index in [1.807, 2.05) is 61.2 Å². The van der Waals surface area contributed by atoms with Crippen molar-refractivity contribution in [2.75, 3.05) is 0 Å². The highest BCUT2D eigenvalue weighted by molar-refractivity contribution is 5.54. The van der Waals surface area contributed by atoms with Gasteiger partial charge in [-0.05, 0) is 12.0 Å². The SMILES string of the molecule is c1ccc(CCc2nccn2-c2cnc(-c3ccccc3)nc2)cc1. The van der Waals surface area contributed by atoms with Crippen LogP contribution in [0.1, 0.15) is 11.4 Å². The molecule has 4 aromatic rings. The highest BCUT2D eigenvalue weighted by atomic mass is 15.1. The lowest BCUT2D eigenvalue weighted by molar-refractivity contribution is 0.823. The van der Waals surface area contributed by atoms with Crippen molar-refractivity contribution in [1.82, 2.24) is 19.5 Å². The number of aromatic nitrogens is 4. The van der Waals surface area contributed by atoms with E-state index in [9.17, 15) is 0 Å². The monoisotopic (exact) mass is 326 g/mol. The van der Waals surface area contributed by atoms with Crippen molar-refractivity contribution < 1.29 is 0 Å². The van der Waals surface area contributed by atoms with Crippen molar-refractivity contribution >= 4 is 0 Å². The van der Waals surface area contributed by atoms with Crippen LogP contribution in [0, 0.1) is 0 Å². The zero-order chi connectivity index (χ0) is 16.9. The first-order valence-corrected chi connectivity index (χ1v) is 8.34. The van der Waals surface area contributed by atoms with Crippen molar-refractivity contribution in [3.63, 3.8) is 0 Å². The van der Waals surface area contributed by atoms with E-state index in [-0.39, 0.29) is 0 Å². The Hall–Kier alpha value is -3.27. The molecule has 0 radical (unpaired) electrons. The molecule has 2 aromatic carbocycles. The van der Waals surface area contributed by atoms with Gasteiger partial charge in [0.2, 0.25) is 0 Å². The second-order valence-corrected chi connectivity index (χ2v) is 5.83. The van der Waals surface area contributed by atoms with E-state index in [4.69, 9.17) is 0 Å². The van der Waals surface area contributed by atoms with Gasteiger partial charge in [-0.15, -0.1) is 0 Å². The predicted octanol–water partition coefficient (Wildman–Crippen LogP) is 4.11. The van der Waals surface area contributed by atoms with Crippen LogP contribution in [0.5, 0.6) is 0 Å². The molecule has 0 amide bonds. The molecule has 0 aliphatic heterocycles. The first kappa shape index (κ1) is 15.3. The molecule has 2 heterocycles. The Labute approximate surface area is 146 Å². The van der Waals surface area contributed by atoms with Gasteiger partial charge in [0.1, 0.15) is 5.82 Å². The summed E-state index contributed by atoms with van der Waals surface area (Å²) >= 11 is 0. The van der Waals surface area contributed by atoms with Crippen LogP contribution in [0.2, 0.25) is 0 Å². The number of hydrogen-bond donors (Lipinski definition) is 0. The third-order valence-electron chi connectivity index (χ3n) is 4.15. The van der Waals surface area contributed by atoms with Crippen molar-refractivity contribution in [3.8, 4) is 17.1 Å². The zero-order valence-corrected chi connectivity index (χ0v) is 13.8. The Bertz CT molecular complexity index is 929. The lowest BCUT2D eigenvalue weighted by Crippen LogP contribution is -2.04. The summed E-state index contributed by atoms with van der Waals surface area (Å²) < 4.78 is 2.05. The number of imidazole rings is 1. The normalized spacial score (nSPS) is 10.7. The summed E-state index contributed by atoms with van der Waals surface area (Å²) in [5, 5.41) is 0. The molecule has 4 heteroatoms. The van der Waals surface area contributed by atoms with Crippen LogP contribution in [0.3, 0.4) is 0 Å². The molecule has 0 fully saturated rings. The minimum atomic E-state index is 0.732. The van der Waals surface area contributed by atoms with E-state index in [0.717, 1.165) is 35.7 Å². The van der Waals surface area contributed by atoms with Crippen LogP contribution < -0.4 is 0 Å². The molecule has 122 valence electrons. The minimum Gasteiger partial charge on any atom is -0.301 e. The molecule has 0 saturated carbocycles. The van der Waals surface area contributed by atoms with E-state index in [2.05, 4.69) is 43.8 Å². The highest BCUT2D eigenvalue weighted by Gasteiger charge is 2.07. The Balaban J connectivity index is 1.54. The van der Waals surface area contributed by atoms with E-state index < -0.39 is 0 Å². The van der Waals surface area contributed by atoms with Gasteiger partial charge in [-0.25, -0.2) is 15.0 Å². The lowest BCUT2D eigenvalue weighted by atomic mass is 10.1. The van der Waals surface area contributed by atoms with E-state index >= 15 is 0 Å². The van der Waals surface area contributed by atoms with Crippen LogP contribution >= 0.6 is 0 Å². The first-order valence-electron chi connectivity index (χ1n) is 8.34. The van der Waals surface area contributed by atoms with Gasteiger partial charge >= 0.3 is 0 Å².